The van der Waals surface area contributed by atoms with Crippen molar-refractivity contribution in [1.82, 2.24) is 10.6 Å². The number of rotatable bonds is 7. The Morgan fingerprint density at radius 3 is 2.48 bits per heavy atom. The summed E-state index contributed by atoms with van der Waals surface area (Å²) in [5.41, 5.74) is 0.408. The van der Waals surface area contributed by atoms with Crippen LogP contribution in [-0.2, 0) is 16.0 Å². The third-order valence-electron chi connectivity index (χ3n) is 8.34. The largest absolute Gasteiger partial charge is 0.390 e. The van der Waals surface area contributed by atoms with Gasteiger partial charge in [-0.25, -0.2) is 0 Å². The van der Waals surface area contributed by atoms with Crippen molar-refractivity contribution in [3.8, 4) is 0 Å². The molecular formula is C25H34N2O3S. The maximum absolute atomic E-state index is 12.9. The van der Waals surface area contributed by atoms with Crippen LogP contribution >= 0.6 is 11.8 Å². The first-order chi connectivity index (χ1) is 14.9. The van der Waals surface area contributed by atoms with Gasteiger partial charge in [-0.3, -0.25) is 9.59 Å². The van der Waals surface area contributed by atoms with Crippen LogP contribution in [0.25, 0.3) is 0 Å². The highest BCUT2D eigenvalue weighted by Gasteiger charge is 2.55. The molecule has 2 amide bonds. The van der Waals surface area contributed by atoms with E-state index in [2.05, 4.69) is 41.2 Å². The van der Waals surface area contributed by atoms with Crippen molar-refractivity contribution in [2.45, 2.75) is 86.3 Å². The standard InChI is InChI=1S/C25H34N2O3S/c1-31-20-4-2-16(3-5-20)12-24(9-7-22(29)27-24)8-6-21(28)26-23-18-10-17-11-19(23)15-25(30,13-17)14-18/h2-5,17-19,23,30H,6-15H2,1H3,(H,26,28)(H,27,29)/t17?,18-,19-,23?,24-,25?/m0/s1. The van der Waals surface area contributed by atoms with Crippen molar-refractivity contribution in [2.75, 3.05) is 6.26 Å². The molecule has 5 nitrogen and oxygen atoms in total. The number of hydrogen-bond donors (Lipinski definition) is 3. The van der Waals surface area contributed by atoms with Gasteiger partial charge in [0.25, 0.3) is 0 Å². The van der Waals surface area contributed by atoms with Gasteiger partial charge in [0.05, 0.1) is 5.60 Å². The van der Waals surface area contributed by atoms with E-state index < -0.39 is 5.60 Å². The summed E-state index contributed by atoms with van der Waals surface area (Å²) >= 11 is 1.72. The fourth-order valence-corrected chi connectivity index (χ4v) is 7.55. The Morgan fingerprint density at radius 1 is 1.19 bits per heavy atom. The van der Waals surface area contributed by atoms with Gasteiger partial charge in [-0.15, -0.1) is 11.8 Å². The van der Waals surface area contributed by atoms with Crippen molar-refractivity contribution < 1.29 is 14.7 Å². The van der Waals surface area contributed by atoms with E-state index in [1.165, 1.54) is 10.5 Å². The Balaban J connectivity index is 1.20. The summed E-state index contributed by atoms with van der Waals surface area (Å²) in [5, 5.41) is 17.3. The molecular weight excluding hydrogens is 408 g/mol. The summed E-state index contributed by atoms with van der Waals surface area (Å²) < 4.78 is 0. The SMILES string of the molecule is CSc1ccc(C[C@]2(CCC(=O)NC3[C@H]4CC5C[C@H]3CC(O)(C5)C4)CCC(=O)N2)cc1. The van der Waals surface area contributed by atoms with Crippen LogP contribution in [0.3, 0.4) is 0 Å². The lowest BCUT2D eigenvalue weighted by Crippen LogP contribution is -2.61. The molecule has 1 aromatic rings. The second kappa shape index (κ2) is 8.11. The Bertz CT molecular complexity index is 841. The third kappa shape index (κ3) is 4.38. The maximum atomic E-state index is 12.9. The summed E-state index contributed by atoms with van der Waals surface area (Å²) in [6.07, 6.45) is 10.2. The molecule has 4 saturated carbocycles. The maximum Gasteiger partial charge on any atom is 0.220 e. The van der Waals surface area contributed by atoms with E-state index in [0.29, 0.717) is 37.0 Å². The Morgan fingerprint density at radius 2 is 1.90 bits per heavy atom. The predicted molar refractivity (Wildman–Crippen MR) is 122 cm³/mol. The zero-order chi connectivity index (χ0) is 21.6. The third-order valence-corrected chi connectivity index (χ3v) is 9.08. The smallest absolute Gasteiger partial charge is 0.220 e. The van der Waals surface area contributed by atoms with E-state index >= 15 is 0 Å². The first-order valence-corrected chi connectivity index (χ1v) is 13.0. The molecule has 5 fully saturated rings. The van der Waals surface area contributed by atoms with Crippen molar-refractivity contribution >= 4 is 23.6 Å². The van der Waals surface area contributed by atoms with Crippen LogP contribution in [0.1, 0.15) is 63.4 Å². The van der Waals surface area contributed by atoms with Crippen molar-refractivity contribution in [3.05, 3.63) is 29.8 Å². The number of benzene rings is 1. The zero-order valence-electron chi connectivity index (χ0n) is 18.4. The zero-order valence-corrected chi connectivity index (χ0v) is 19.2. The number of thioether (sulfide) groups is 1. The molecule has 0 spiro atoms. The van der Waals surface area contributed by atoms with Crippen LogP contribution in [0.15, 0.2) is 29.2 Å². The first-order valence-electron chi connectivity index (χ1n) is 11.8. The van der Waals surface area contributed by atoms with E-state index in [-0.39, 0.29) is 23.4 Å². The molecule has 6 heteroatoms. The number of amides is 2. The molecule has 3 N–H and O–H groups in total. The van der Waals surface area contributed by atoms with E-state index in [1.54, 1.807) is 11.8 Å². The summed E-state index contributed by atoms with van der Waals surface area (Å²) in [4.78, 5) is 26.2. The molecule has 5 aliphatic rings. The van der Waals surface area contributed by atoms with Crippen LogP contribution in [0.4, 0.5) is 0 Å². The van der Waals surface area contributed by atoms with Crippen LogP contribution in [0.2, 0.25) is 0 Å². The van der Waals surface area contributed by atoms with Crippen LogP contribution < -0.4 is 10.6 Å². The second-order valence-electron chi connectivity index (χ2n) is 10.6. The highest BCUT2D eigenvalue weighted by atomic mass is 32.2. The molecule has 6 rings (SSSR count). The Kier molecular flexibility index (Phi) is 5.58. The lowest BCUT2D eigenvalue weighted by molar-refractivity contribution is -0.146. The van der Waals surface area contributed by atoms with E-state index in [4.69, 9.17) is 0 Å². The molecule has 1 heterocycles. The van der Waals surface area contributed by atoms with Gasteiger partial charge in [-0.1, -0.05) is 12.1 Å². The summed E-state index contributed by atoms with van der Waals surface area (Å²) in [5.74, 6) is 1.69. The number of nitrogens with one attached hydrogen (secondary N) is 2. The fourth-order valence-electron chi connectivity index (χ4n) is 7.14. The summed E-state index contributed by atoms with van der Waals surface area (Å²) in [6, 6.07) is 8.74. The minimum Gasteiger partial charge on any atom is -0.390 e. The lowest BCUT2D eigenvalue weighted by atomic mass is 9.52. The number of aliphatic hydroxyl groups is 1. The number of carbonyl (C=O) groups excluding carboxylic acids is 2. The summed E-state index contributed by atoms with van der Waals surface area (Å²) in [6.45, 7) is 0. The van der Waals surface area contributed by atoms with Gasteiger partial charge in [0.1, 0.15) is 0 Å². The van der Waals surface area contributed by atoms with Crippen molar-refractivity contribution in [3.63, 3.8) is 0 Å². The average Bonchev–Trinajstić information content (AvgIpc) is 3.09. The van der Waals surface area contributed by atoms with Crippen molar-refractivity contribution in [1.29, 1.82) is 0 Å². The predicted octanol–water partition coefficient (Wildman–Crippen LogP) is 3.44. The van der Waals surface area contributed by atoms with E-state index in [9.17, 15) is 14.7 Å². The molecule has 1 aromatic carbocycles. The number of hydrogen-bond acceptors (Lipinski definition) is 4. The van der Waals surface area contributed by atoms with Gasteiger partial charge in [0.15, 0.2) is 0 Å². The van der Waals surface area contributed by atoms with E-state index in [0.717, 1.165) is 44.9 Å². The lowest BCUT2D eigenvalue weighted by Gasteiger charge is -2.58. The van der Waals surface area contributed by atoms with Gasteiger partial charge in [0.2, 0.25) is 11.8 Å². The van der Waals surface area contributed by atoms with Crippen molar-refractivity contribution in [2.24, 2.45) is 17.8 Å². The fraction of sp³-hybridized carbons (Fsp3) is 0.680. The monoisotopic (exact) mass is 442 g/mol. The Labute approximate surface area is 189 Å². The van der Waals surface area contributed by atoms with E-state index in [1.807, 2.05) is 0 Å². The number of carbonyl (C=O) groups is 2. The molecule has 4 aliphatic carbocycles. The molecule has 1 aliphatic heterocycles. The first kappa shape index (κ1) is 21.3. The van der Waals surface area contributed by atoms with Gasteiger partial charge >= 0.3 is 0 Å². The highest BCUT2D eigenvalue weighted by molar-refractivity contribution is 7.98. The van der Waals surface area contributed by atoms with Gasteiger partial charge in [-0.05, 0) is 93.1 Å². The molecule has 1 saturated heterocycles. The average molecular weight is 443 g/mol. The molecule has 3 atom stereocenters. The molecule has 0 unspecified atom stereocenters. The molecule has 0 radical (unpaired) electrons. The molecule has 4 bridgehead atoms. The minimum absolute atomic E-state index is 0.0930. The molecule has 0 aromatic heterocycles. The highest BCUT2D eigenvalue weighted by Crippen LogP contribution is 2.55. The van der Waals surface area contributed by atoms with Gasteiger partial charge in [0, 0.05) is 29.3 Å². The van der Waals surface area contributed by atoms with Crippen LogP contribution in [-0.4, -0.2) is 40.4 Å². The topological polar surface area (TPSA) is 78.4 Å². The molecule has 168 valence electrons. The van der Waals surface area contributed by atoms with Gasteiger partial charge < -0.3 is 15.7 Å². The Hall–Kier alpha value is -1.53. The van der Waals surface area contributed by atoms with Crippen LogP contribution in [0, 0.1) is 17.8 Å². The second-order valence-corrected chi connectivity index (χ2v) is 11.5. The van der Waals surface area contributed by atoms with Gasteiger partial charge in [-0.2, -0.15) is 0 Å². The van der Waals surface area contributed by atoms with Crippen LogP contribution in [0.5, 0.6) is 0 Å². The quantitative estimate of drug-likeness (QED) is 0.566. The molecule has 31 heavy (non-hydrogen) atoms. The minimum atomic E-state index is -0.470. The summed E-state index contributed by atoms with van der Waals surface area (Å²) in [7, 11) is 0. The normalized spacial score (nSPS) is 38.3.